The Balaban J connectivity index is 2.11. The Hall–Kier alpha value is -1.75. The number of amides is 1. The first-order valence-electron chi connectivity index (χ1n) is 4.40. The van der Waals surface area contributed by atoms with Crippen molar-refractivity contribution in [3.63, 3.8) is 0 Å². The zero-order valence-electron chi connectivity index (χ0n) is 8.10. The number of anilines is 1. The molecular formula is C10H9N3OS. The predicted octanol–water partition coefficient (Wildman–Crippen LogP) is 2.10. The van der Waals surface area contributed by atoms with Crippen molar-refractivity contribution in [2.75, 3.05) is 5.32 Å². The molecule has 0 radical (unpaired) electrons. The number of hydrogen-bond donors (Lipinski definition) is 1. The molecule has 0 aliphatic rings. The second-order valence-corrected chi connectivity index (χ2v) is 3.85. The lowest BCUT2D eigenvalue weighted by Gasteiger charge is -2.00. The molecule has 0 bridgehead atoms. The summed E-state index contributed by atoms with van der Waals surface area (Å²) in [6.45, 7) is 1.98. The highest BCUT2D eigenvalue weighted by atomic mass is 32.1. The van der Waals surface area contributed by atoms with Crippen molar-refractivity contribution < 1.29 is 4.79 Å². The molecule has 5 heteroatoms. The van der Waals surface area contributed by atoms with Gasteiger partial charge in [-0.25, -0.2) is 4.98 Å². The zero-order valence-corrected chi connectivity index (χ0v) is 8.91. The Morgan fingerprint density at radius 3 is 2.67 bits per heavy atom. The first-order valence-corrected chi connectivity index (χ1v) is 5.18. The minimum Gasteiger partial charge on any atom is -0.297 e. The van der Waals surface area contributed by atoms with Gasteiger partial charge in [0, 0.05) is 17.1 Å². The number of aromatic nitrogens is 2. The van der Waals surface area contributed by atoms with Crippen LogP contribution in [0, 0.1) is 6.92 Å². The monoisotopic (exact) mass is 219 g/mol. The topological polar surface area (TPSA) is 54.9 Å². The number of nitrogens with zero attached hydrogens (tertiary/aromatic N) is 2. The zero-order chi connectivity index (χ0) is 10.7. The summed E-state index contributed by atoms with van der Waals surface area (Å²) in [5.41, 5.74) is 1.75. The van der Waals surface area contributed by atoms with Crippen LogP contribution in [0.4, 0.5) is 5.13 Å². The second kappa shape index (κ2) is 4.18. The average Bonchev–Trinajstić information content (AvgIpc) is 2.71. The molecule has 15 heavy (non-hydrogen) atoms. The third-order valence-electron chi connectivity index (χ3n) is 1.90. The molecule has 0 aliphatic heterocycles. The van der Waals surface area contributed by atoms with E-state index < -0.39 is 0 Å². The molecule has 1 aromatic heterocycles. The van der Waals surface area contributed by atoms with Crippen molar-refractivity contribution >= 4 is 22.6 Å². The highest BCUT2D eigenvalue weighted by Gasteiger charge is 2.06. The van der Waals surface area contributed by atoms with Gasteiger partial charge in [0.15, 0.2) is 0 Å². The van der Waals surface area contributed by atoms with Crippen LogP contribution < -0.4 is 5.32 Å². The molecule has 76 valence electrons. The van der Waals surface area contributed by atoms with Crippen LogP contribution in [0.1, 0.15) is 15.9 Å². The van der Waals surface area contributed by atoms with Gasteiger partial charge in [0.2, 0.25) is 5.13 Å². The number of benzene rings is 1. The Morgan fingerprint density at radius 1 is 1.33 bits per heavy atom. The number of hydrogen-bond acceptors (Lipinski definition) is 4. The molecule has 1 heterocycles. The van der Waals surface area contributed by atoms with Gasteiger partial charge in [-0.3, -0.25) is 10.1 Å². The highest BCUT2D eigenvalue weighted by molar-refractivity contribution is 7.09. The van der Waals surface area contributed by atoms with E-state index in [1.807, 2.05) is 19.1 Å². The van der Waals surface area contributed by atoms with Gasteiger partial charge in [-0.2, -0.15) is 4.37 Å². The van der Waals surface area contributed by atoms with Crippen LogP contribution in [0.3, 0.4) is 0 Å². The fraction of sp³-hybridized carbons (Fsp3) is 0.100. The standard InChI is InChI=1S/C10H9N3OS/c1-7-2-4-8(5-3-7)9(14)13-10-11-6-12-15-10/h2-6H,1H3,(H,11,12,13,14). The van der Waals surface area contributed by atoms with Gasteiger partial charge in [0.1, 0.15) is 6.33 Å². The van der Waals surface area contributed by atoms with Gasteiger partial charge in [-0.1, -0.05) is 17.7 Å². The number of rotatable bonds is 2. The Morgan fingerprint density at radius 2 is 2.07 bits per heavy atom. The van der Waals surface area contributed by atoms with Gasteiger partial charge < -0.3 is 0 Å². The van der Waals surface area contributed by atoms with Crippen molar-refractivity contribution in [1.29, 1.82) is 0 Å². The Labute approximate surface area is 91.2 Å². The lowest BCUT2D eigenvalue weighted by atomic mass is 10.1. The average molecular weight is 219 g/mol. The second-order valence-electron chi connectivity index (χ2n) is 3.07. The minimum absolute atomic E-state index is 0.160. The van der Waals surface area contributed by atoms with E-state index in [0.29, 0.717) is 10.7 Å². The lowest BCUT2D eigenvalue weighted by Crippen LogP contribution is -2.11. The number of nitrogens with one attached hydrogen (secondary N) is 1. The summed E-state index contributed by atoms with van der Waals surface area (Å²) >= 11 is 1.16. The van der Waals surface area contributed by atoms with Crippen LogP contribution in [-0.2, 0) is 0 Å². The summed E-state index contributed by atoms with van der Waals surface area (Å²) in [5, 5.41) is 3.18. The van der Waals surface area contributed by atoms with E-state index in [4.69, 9.17) is 0 Å². The quantitative estimate of drug-likeness (QED) is 0.841. The van der Waals surface area contributed by atoms with Crippen LogP contribution in [-0.4, -0.2) is 15.3 Å². The number of carbonyl (C=O) groups excluding carboxylic acids is 1. The molecule has 0 spiro atoms. The van der Waals surface area contributed by atoms with Gasteiger partial charge in [-0.05, 0) is 19.1 Å². The van der Waals surface area contributed by atoms with Crippen LogP contribution in [0.5, 0.6) is 0 Å². The van der Waals surface area contributed by atoms with Crippen LogP contribution in [0.15, 0.2) is 30.6 Å². The molecule has 1 N–H and O–H groups in total. The van der Waals surface area contributed by atoms with Crippen molar-refractivity contribution in [2.24, 2.45) is 0 Å². The third-order valence-corrected chi connectivity index (χ3v) is 2.48. The summed E-state index contributed by atoms with van der Waals surface area (Å²) in [4.78, 5) is 15.5. The maximum absolute atomic E-state index is 11.7. The molecule has 0 unspecified atom stereocenters. The summed E-state index contributed by atoms with van der Waals surface area (Å²) in [6.07, 6.45) is 1.41. The molecule has 2 rings (SSSR count). The molecule has 0 saturated heterocycles. The van der Waals surface area contributed by atoms with E-state index in [1.54, 1.807) is 12.1 Å². The highest BCUT2D eigenvalue weighted by Crippen LogP contribution is 2.10. The molecule has 1 amide bonds. The predicted molar refractivity (Wildman–Crippen MR) is 59.0 cm³/mol. The smallest absolute Gasteiger partial charge is 0.257 e. The molecule has 0 saturated carbocycles. The van der Waals surface area contributed by atoms with E-state index in [9.17, 15) is 4.79 Å². The van der Waals surface area contributed by atoms with Gasteiger partial charge in [0.05, 0.1) is 0 Å². The molecule has 0 aliphatic carbocycles. The molecule has 0 fully saturated rings. The van der Waals surface area contributed by atoms with Crippen molar-refractivity contribution in [2.45, 2.75) is 6.92 Å². The normalized spacial score (nSPS) is 9.93. The summed E-state index contributed by atoms with van der Waals surface area (Å²) in [5.74, 6) is -0.160. The van der Waals surface area contributed by atoms with Crippen molar-refractivity contribution in [3.8, 4) is 0 Å². The fourth-order valence-corrected chi connectivity index (χ4v) is 1.53. The largest absolute Gasteiger partial charge is 0.297 e. The van der Waals surface area contributed by atoms with Crippen LogP contribution in [0.25, 0.3) is 0 Å². The SMILES string of the molecule is Cc1ccc(C(=O)Nc2ncns2)cc1. The molecular weight excluding hydrogens is 210 g/mol. The van der Waals surface area contributed by atoms with Crippen molar-refractivity contribution in [1.82, 2.24) is 9.36 Å². The molecule has 2 aromatic rings. The maximum Gasteiger partial charge on any atom is 0.257 e. The first-order chi connectivity index (χ1) is 7.25. The van der Waals surface area contributed by atoms with E-state index in [-0.39, 0.29) is 5.91 Å². The minimum atomic E-state index is -0.160. The lowest BCUT2D eigenvalue weighted by molar-refractivity contribution is 0.102. The van der Waals surface area contributed by atoms with E-state index in [1.165, 1.54) is 6.33 Å². The van der Waals surface area contributed by atoms with E-state index in [0.717, 1.165) is 17.1 Å². The molecule has 4 nitrogen and oxygen atoms in total. The van der Waals surface area contributed by atoms with E-state index in [2.05, 4.69) is 14.7 Å². The Bertz CT molecular complexity index is 450. The molecule has 0 atom stereocenters. The van der Waals surface area contributed by atoms with E-state index >= 15 is 0 Å². The van der Waals surface area contributed by atoms with Gasteiger partial charge in [-0.15, -0.1) is 0 Å². The fourth-order valence-electron chi connectivity index (χ4n) is 1.10. The summed E-state index contributed by atoms with van der Waals surface area (Å²) < 4.78 is 3.80. The molecule has 1 aromatic carbocycles. The first kappa shape index (κ1) is 9.79. The van der Waals surface area contributed by atoms with Gasteiger partial charge in [0.25, 0.3) is 5.91 Å². The number of aryl methyl sites for hydroxylation is 1. The van der Waals surface area contributed by atoms with Crippen molar-refractivity contribution in [3.05, 3.63) is 41.7 Å². The summed E-state index contributed by atoms with van der Waals surface area (Å²) in [7, 11) is 0. The number of carbonyl (C=O) groups is 1. The third kappa shape index (κ3) is 2.38. The van der Waals surface area contributed by atoms with Gasteiger partial charge >= 0.3 is 0 Å². The Kier molecular flexibility index (Phi) is 2.73. The van der Waals surface area contributed by atoms with Crippen LogP contribution in [0.2, 0.25) is 0 Å². The maximum atomic E-state index is 11.7. The summed E-state index contributed by atoms with van der Waals surface area (Å²) in [6, 6.07) is 7.36. The van der Waals surface area contributed by atoms with Crippen LogP contribution >= 0.6 is 11.5 Å².